The third-order valence-corrected chi connectivity index (χ3v) is 3.09. The van der Waals surface area contributed by atoms with Gasteiger partial charge in [0.2, 0.25) is 0 Å². The van der Waals surface area contributed by atoms with E-state index in [1.807, 2.05) is 18.6 Å². The van der Waals surface area contributed by atoms with Crippen LogP contribution < -0.4 is 5.32 Å². The molecule has 0 saturated heterocycles. The first kappa shape index (κ1) is 13.7. The highest BCUT2D eigenvalue weighted by Gasteiger charge is 2.04. The summed E-state index contributed by atoms with van der Waals surface area (Å²) < 4.78 is 15.2. The van der Waals surface area contributed by atoms with Crippen molar-refractivity contribution in [3.05, 3.63) is 53.9 Å². The lowest BCUT2D eigenvalue weighted by Gasteiger charge is -2.12. The number of rotatable bonds is 6. The van der Waals surface area contributed by atoms with E-state index in [1.165, 1.54) is 11.8 Å². The van der Waals surface area contributed by atoms with Crippen LogP contribution in [0.25, 0.3) is 0 Å². The van der Waals surface area contributed by atoms with Gasteiger partial charge in [0, 0.05) is 18.8 Å². The van der Waals surface area contributed by atoms with Crippen molar-refractivity contribution < 1.29 is 4.39 Å². The topological polar surface area (TPSA) is 29.9 Å². The Morgan fingerprint density at radius 3 is 2.95 bits per heavy atom. The van der Waals surface area contributed by atoms with Gasteiger partial charge in [-0.25, -0.2) is 9.37 Å². The van der Waals surface area contributed by atoms with Crippen molar-refractivity contribution in [1.29, 1.82) is 0 Å². The minimum absolute atomic E-state index is 0.171. The molecule has 4 heteroatoms. The Hall–Kier alpha value is -1.68. The highest BCUT2D eigenvalue weighted by molar-refractivity contribution is 5.16. The monoisotopic (exact) mass is 261 g/mol. The van der Waals surface area contributed by atoms with E-state index in [0.717, 1.165) is 25.1 Å². The lowest BCUT2D eigenvalue weighted by molar-refractivity contribution is 0.551. The second kappa shape index (κ2) is 6.48. The molecule has 0 aliphatic carbocycles. The molecule has 0 fully saturated rings. The van der Waals surface area contributed by atoms with Gasteiger partial charge in [-0.05, 0) is 44.5 Å². The van der Waals surface area contributed by atoms with Gasteiger partial charge in [0.05, 0.1) is 12.0 Å². The molecule has 1 N–H and O–H groups in total. The molecule has 0 saturated carbocycles. The van der Waals surface area contributed by atoms with E-state index in [9.17, 15) is 4.39 Å². The van der Waals surface area contributed by atoms with Crippen molar-refractivity contribution in [1.82, 2.24) is 14.9 Å². The summed E-state index contributed by atoms with van der Waals surface area (Å²) in [4.78, 5) is 4.17. The average Bonchev–Trinajstić information content (AvgIpc) is 2.83. The summed E-state index contributed by atoms with van der Waals surface area (Å²) in [6, 6.07) is 7.17. The Labute approximate surface area is 113 Å². The number of hydrogen-bond acceptors (Lipinski definition) is 2. The SMILES string of the molecule is CC(C)n1cncc1CNCCc1cccc(F)c1. The van der Waals surface area contributed by atoms with Gasteiger partial charge in [-0.2, -0.15) is 0 Å². The van der Waals surface area contributed by atoms with E-state index in [-0.39, 0.29) is 5.82 Å². The molecule has 3 nitrogen and oxygen atoms in total. The first-order chi connectivity index (χ1) is 9.16. The van der Waals surface area contributed by atoms with Gasteiger partial charge in [-0.15, -0.1) is 0 Å². The lowest BCUT2D eigenvalue weighted by Crippen LogP contribution is -2.19. The molecule has 0 unspecified atom stereocenters. The van der Waals surface area contributed by atoms with Crippen LogP contribution in [-0.4, -0.2) is 16.1 Å². The standard InChI is InChI=1S/C15H20FN3/c1-12(2)19-11-18-10-15(19)9-17-7-6-13-4-3-5-14(16)8-13/h3-5,8,10-12,17H,6-7,9H2,1-2H3. The van der Waals surface area contributed by atoms with E-state index >= 15 is 0 Å². The van der Waals surface area contributed by atoms with Gasteiger partial charge < -0.3 is 9.88 Å². The third kappa shape index (κ3) is 3.89. The zero-order valence-electron chi connectivity index (χ0n) is 11.4. The Morgan fingerprint density at radius 1 is 1.37 bits per heavy atom. The van der Waals surface area contributed by atoms with Crippen LogP contribution in [0.2, 0.25) is 0 Å². The summed E-state index contributed by atoms with van der Waals surface area (Å²) in [7, 11) is 0. The molecular weight excluding hydrogens is 241 g/mol. The second-order valence-corrected chi connectivity index (χ2v) is 4.94. The molecule has 0 bridgehead atoms. The number of nitrogens with one attached hydrogen (secondary N) is 1. The van der Waals surface area contributed by atoms with E-state index < -0.39 is 0 Å². The minimum Gasteiger partial charge on any atom is -0.331 e. The zero-order valence-corrected chi connectivity index (χ0v) is 11.4. The lowest BCUT2D eigenvalue weighted by atomic mass is 10.1. The van der Waals surface area contributed by atoms with Gasteiger partial charge >= 0.3 is 0 Å². The van der Waals surface area contributed by atoms with Crippen molar-refractivity contribution in [3.63, 3.8) is 0 Å². The molecule has 1 heterocycles. The van der Waals surface area contributed by atoms with E-state index in [4.69, 9.17) is 0 Å². The molecule has 0 aliphatic rings. The summed E-state index contributed by atoms with van der Waals surface area (Å²) in [5, 5.41) is 3.37. The normalized spacial score (nSPS) is 11.2. The maximum absolute atomic E-state index is 13.0. The van der Waals surface area contributed by atoms with Crippen molar-refractivity contribution in [2.24, 2.45) is 0 Å². The Kier molecular flexibility index (Phi) is 4.68. The van der Waals surface area contributed by atoms with Gasteiger partial charge in [0.15, 0.2) is 0 Å². The van der Waals surface area contributed by atoms with E-state index in [1.54, 1.807) is 12.1 Å². The van der Waals surface area contributed by atoms with Crippen molar-refractivity contribution in [2.75, 3.05) is 6.54 Å². The van der Waals surface area contributed by atoms with Crippen molar-refractivity contribution >= 4 is 0 Å². The van der Waals surface area contributed by atoms with Crippen LogP contribution in [0.3, 0.4) is 0 Å². The van der Waals surface area contributed by atoms with Gasteiger partial charge in [0.25, 0.3) is 0 Å². The molecule has 19 heavy (non-hydrogen) atoms. The number of nitrogens with zero attached hydrogens (tertiary/aromatic N) is 2. The minimum atomic E-state index is -0.171. The van der Waals surface area contributed by atoms with Crippen molar-refractivity contribution in [3.8, 4) is 0 Å². The third-order valence-electron chi connectivity index (χ3n) is 3.09. The van der Waals surface area contributed by atoms with E-state index in [2.05, 4.69) is 28.7 Å². The Balaban J connectivity index is 1.79. The first-order valence-corrected chi connectivity index (χ1v) is 6.62. The van der Waals surface area contributed by atoms with Crippen LogP contribution in [-0.2, 0) is 13.0 Å². The molecule has 0 amide bonds. The van der Waals surface area contributed by atoms with Crippen LogP contribution in [0.1, 0.15) is 31.1 Å². The summed E-state index contributed by atoms with van der Waals surface area (Å²) in [5.41, 5.74) is 2.19. The fourth-order valence-electron chi connectivity index (χ4n) is 2.08. The number of aromatic nitrogens is 2. The highest BCUT2D eigenvalue weighted by atomic mass is 19.1. The molecule has 1 aromatic heterocycles. The quantitative estimate of drug-likeness (QED) is 0.810. The summed E-state index contributed by atoms with van der Waals surface area (Å²) in [5.74, 6) is -0.171. The zero-order chi connectivity index (χ0) is 13.7. The second-order valence-electron chi connectivity index (χ2n) is 4.94. The molecule has 1 aromatic carbocycles. The maximum Gasteiger partial charge on any atom is 0.123 e. The molecule has 0 aliphatic heterocycles. The number of halogens is 1. The molecule has 2 aromatic rings. The van der Waals surface area contributed by atoms with E-state index in [0.29, 0.717) is 6.04 Å². The summed E-state index contributed by atoms with van der Waals surface area (Å²) >= 11 is 0. The predicted octanol–water partition coefficient (Wildman–Crippen LogP) is 2.94. The molecule has 0 atom stereocenters. The molecule has 0 spiro atoms. The first-order valence-electron chi connectivity index (χ1n) is 6.62. The number of imidazole rings is 1. The largest absolute Gasteiger partial charge is 0.331 e. The Morgan fingerprint density at radius 2 is 2.21 bits per heavy atom. The van der Waals surface area contributed by atoms with Gasteiger partial charge in [0.1, 0.15) is 5.82 Å². The number of benzene rings is 1. The molecular formula is C15H20FN3. The predicted molar refractivity (Wildman–Crippen MR) is 74.4 cm³/mol. The van der Waals surface area contributed by atoms with Crippen LogP contribution in [0, 0.1) is 5.82 Å². The summed E-state index contributed by atoms with van der Waals surface area (Å²) in [6.07, 6.45) is 4.57. The Bertz CT molecular complexity index is 520. The van der Waals surface area contributed by atoms with Crippen molar-refractivity contribution in [2.45, 2.75) is 32.9 Å². The average molecular weight is 261 g/mol. The molecule has 2 rings (SSSR count). The van der Waals surface area contributed by atoms with Crippen LogP contribution in [0.4, 0.5) is 4.39 Å². The van der Waals surface area contributed by atoms with Crippen LogP contribution in [0.5, 0.6) is 0 Å². The molecule has 0 radical (unpaired) electrons. The fourth-order valence-corrected chi connectivity index (χ4v) is 2.08. The summed E-state index contributed by atoms with van der Waals surface area (Å²) in [6.45, 7) is 5.88. The van der Waals surface area contributed by atoms with Crippen LogP contribution in [0.15, 0.2) is 36.8 Å². The van der Waals surface area contributed by atoms with Gasteiger partial charge in [-0.1, -0.05) is 12.1 Å². The number of hydrogen-bond donors (Lipinski definition) is 1. The highest BCUT2D eigenvalue weighted by Crippen LogP contribution is 2.08. The fraction of sp³-hybridized carbons (Fsp3) is 0.400. The van der Waals surface area contributed by atoms with Crippen LogP contribution >= 0.6 is 0 Å². The molecule has 102 valence electrons. The van der Waals surface area contributed by atoms with Gasteiger partial charge in [-0.3, -0.25) is 0 Å². The smallest absolute Gasteiger partial charge is 0.123 e. The maximum atomic E-state index is 13.0.